The number of anilines is 1. The minimum absolute atomic E-state index is 0.194. The number of hydrogen-bond acceptors (Lipinski definition) is 4. The highest BCUT2D eigenvalue weighted by Gasteiger charge is 2.11. The fourth-order valence-corrected chi connectivity index (χ4v) is 2.08. The van der Waals surface area contributed by atoms with Gasteiger partial charge < -0.3 is 15.5 Å². The van der Waals surface area contributed by atoms with Gasteiger partial charge in [0.2, 0.25) is 5.91 Å². The Bertz CT molecular complexity index is 900. The molecule has 0 aliphatic rings. The Morgan fingerprint density at radius 1 is 1.00 bits per heavy atom. The van der Waals surface area contributed by atoms with E-state index < -0.39 is 23.4 Å². The van der Waals surface area contributed by atoms with Crippen LogP contribution < -0.4 is 5.32 Å². The van der Waals surface area contributed by atoms with Crippen LogP contribution in [0.25, 0.3) is 11.8 Å². The number of carbonyl (C=O) groups is 3. The Kier molecular flexibility index (Phi) is 6.30. The smallest absolute Gasteiger partial charge is 0.376 e. The molecule has 1 amide bonds. The molecule has 132 valence electrons. The minimum Gasteiger partial charge on any atom is -0.507 e. The summed E-state index contributed by atoms with van der Waals surface area (Å²) < 4.78 is 0. The van der Waals surface area contributed by atoms with E-state index in [4.69, 9.17) is 16.7 Å². The summed E-state index contributed by atoms with van der Waals surface area (Å²) in [7, 11) is 0. The highest BCUT2D eigenvalue weighted by atomic mass is 35.5. The number of carbonyl (C=O) groups excluding carboxylic acids is 2. The third-order valence-electron chi connectivity index (χ3n) is 3.20. The lowest BCUT2D eigenvalue weighted by Crippen LogP contribution is -2.10. The first-order valence-corrected chi connectivity index (χ1v) is 7.76. The van der Waals surface area contributed by atoms with Gasteiger partial charge in [-0.05, 0) is 35.9 Å². The Balaban J connectivity index is 2.08. The van der Waals surface area contributed by atoms with Crippen LogP contribution in [0, 0.1) is 0 Å². The van der Waals surface area contributed by atoms with Crippen LogP contribution in [0.4, 0.5) is 5.69 Å². The zero-order chi connectivity index (χ0) is 19.1. The summed E-state index contributed by atoms with van der Waals surface area (Å²) in [4.78, 5) is 33.6. The lowest BCUT2D eigenvalue weighted by Gasteiger charge is -2.05. The Hall–Kier alpha value is -3.38. The van der Waals surface area contributed by atoms with Crippen molar-refractivity contribution >= 4 is 46.8 Å². The topological polar surface area (TPSA) is 104 Å². The van der Waals surface area contributed by atoms with E-state index in [2.05, 4.69) is 5.32 Å². The average molecular weight is 372 g/mol. The van der Waals surface area contributed by atoms with Gasteiger partial charge in [-0.3, -0.25) is 9.59 Å². The molecular formula is C19H14ClNO5. The molecule has 0 spiro atoms. The number of aliphatic carboxylic acids is 1. The van der Waals surface area contributed by atoms with Crippen LogP contribution in [0.5, 0.6) is 0 Å². The van der Waals surface area contributed by atoms with Gasteiger partial charge in [-0.2, -0.15) is 0 Å². The van der Waals surface area contributed by atoms with Crippen molar-refractivity contribution in [1.29, 1.82) is 0 Å². The first-order valence-electron chi connectivity index (χ1n) is 7.38. The molecule has 0 saturated heterocycles. The number of carboxylic acids is 1. The molecule has 0 aliphatic carbocycles. The number of amides is 1. The molecule has 0 unspecified atom stereocenters. The number of carboxylic acid groups (broad SMARTS) is 1. The van der Waals surface area contributed by atoms with Crippen molar-refractivity contribution in [2.45, 2.75) is 0 Å². The Morgan fingerprint density at radius 3 is 2.35 bits per heavy atom. The number of aliphatic hydroxyl groups excluding tert-OH is 1. The van der Waals surface area contributed by atoms with Gasteiger partial charge in [0.25, 0.3) is 5.78 Å². The number of benzene rings is 2. The highest BCUT2D eigenvalue weighted by Crippen LogP contribution is 2.17. The van der Waals surface area contributed by atoms with E-state index in [1.54, 1.807) is 42.5 Å². The van der Waals surface area contributed by atoms with Gasteiger partial charge >= 0.3 is 5.97 Å². The van der Waals surface area contributed by atoms with Gasteiger partial charge in [0.05, 0.1) is 0 Å². The van der Waals surface area contributed by atoms with E-state index in [0.29, 0.717) is 16.8 Å². The number of halogens is 1. The maximum Gasteiger partial charge on any atom is 0.376 e. The van der Waals surface area contributed by atoms with E-state index >= 15 is 0 Å². The lowest BCUT2D eigenvalue weighted by atomic mass is 10.1. The maximum atomic E-state index is 12.0. The summed E-state index contributed by atoms with van der Waals surface area (Å²) in [5.41, 5.74) is 1.36. The third-order valence-corrected chi connectivity index (χ3v) is 3.45. The predicted octanol–water partition coefficient (Wildman–Crippen LogP) is 3.54. The fourth-order valence-electron chi connectivity index (χ4n) is 1.96. The normalized spacial score (nSPS) is 11.3. The van der Waals surface area contributed by atoms with E-state index in [1.807, 2.05) is 0 Å². The van der Waals surface area contributed by atoms with Crippen LogP contribution in [-0.2, 0) is 14.4 Å². The lowest BCUT2D eigenvalue weighted by molar-refractivity contribution is -0.146. The molecule has 0 aromatic heterocycles. The summed E-state index contributed by atoms with van der Waals surface area (Å²) in [6.45, 7) is 0. The minimum atomic E-state index is -1.67. The van der Waals surface area contributed by atoms with Crippen molar-refractivity contribution in [3.05, 3.63) is 76.8 Å². The van der Waals surface area contributed by atoms with Crippen molar-refractivity contribution < 1.29 is 24.6 Å². The van der Waals surface area contributed by atoms with Crippen molar-refractivity contribution in [2.24, 2.45) is 0 Å². The van der Waals surface area contributed by atoms with Gasteiger partial charge in [-0.15, -0.1) is 0 Å². The molecule has 0 bridgehead atoms. The molecule has 2 rings (SSSR count). The van der Waals surface area contributed by atoms with E-state index in [1.165, 1.54) is 18.2 Å². The molecule has 7 heteroatoms. The van der Waals surface area contributed by atoms with Crippen molar-refractivity contribution in [3.8, 4) is 0 Å². The summed E-state index contributed by atoms with van der Waals surface area (Å²) in [5.74, 6) is -3.83. The second-order valence-electron chi connectivity index (χ2n) is 5.15. The number of rotatable bonds is 6. The third kappa shape index (κ3) is 5.61. The van der Waals surface area contributed by atoms with Crippen LogP contribution in [0.2, 0.25) is 5.02 Å². The highest BCUT2D eigenvalue weighted by molar-refractivity contribution is 6.38. The number of ketones is 1. The maximum absolute atomic E-state index is 12.0. The zero-order valence-electron chi connectivity index (χ0n) is 13.3. The fraction of sp³-hybridized carbons (Fsp3) is 0. The number of aliphatic hydroxyl groups is 1. The van der Waals surface area contributed by atoms with Crippen LogP contribution in [0.3, 0.4) is 0 Å². The molecule has 0 aliphatic heterocycles. The zero-order valence-corrected chi connectivity index (χ0v) is 14.1. The van der Waals surface area contributed by atoms with Gasteiger partial charge in [0.1, 0.15) is 5.76 Å². The molecule has 2 aromatic rings. The van der Waals surface area contributed by atoms with Crippen molar-refractivity contribution in [1.82, 2.24) is 0 Å². The summed E-state index contributed by atoms with van der Waals surface area (Å²) in [6.07, 6.45) is 3.54. The second kappa shape index (κ2) is 8.64. The van der Waals surface area contributed by atoms with Crippen LogP contribution in [0.1, 0.15) is 11.1 Å². The molecule has 26 heavy (non-hydrogen) atoms. The molecule has 0 atom stereocenters. The first kappa shape index (κ1) is 19.0. The van der Waals surface area contributed by atoms with Gasteiger partial charge in [-0.25, -0.2) is 4.79 Å². The Labute approximate surface area is 154 Å². The molecule has 0 saturated carbocycles. The van der Waals surface area contributed by atoms with E-state index in [0.717, 1.165) is 5.56 Å². The molecule has 3 N–H and O–H groups in total. The summed E-state index contributed by atoms with van der Waals surface area (Å²) in [5, 5.41) is 21.6. The standard InChI is InChI=1S/C19H14ClNO5/c20-14-7-4-12(5-8-14)6-9-18(24)21-15-3-1-2-13(10-15)16(22)11-17(23)19(25)26/h1-11,22H,(H,21,24)(H,25,26)/b9-6+,16-11?. The quantitative estimate of drug-likeness (QED) is 0.409. The van der Waals surface area contributed by atoms with Crippen LogP contribution in [-0.4, -0.2) is 27.9 Å². The van der Waals surface area contributed by atoms with Crippen LogP contribution in [0.15, 0.2) is 60.7 Å². The van der Waals surface area contributed by atoms with Gasteiger partial charge in [0, 0.05) is 28.4 Å². The van der Waals surface area contributed by atoms with Gasteiger partial charge in [0.15, 0.2) is 0 Å². The summed E-state index contributed by atoms with van der Waals surface area (Å²) >= 11 is 5.79. The van der Waals surface area contributed by atoms with Crippen LogP contribution >= 0.6 is 11.6 Å². The van der Waals surface area contributed by atoms with Crippen molar-refractivity contribution in [3.63, 3.8) is 0 Å². The van der Waals surface area contributed by atoms with Crippen molar-refractivity contribution in [2.75, 3.05) is 5.32 Å². The first-order chi connectivity index (χ1) is 12.3. The molecule has 2 aromatic carbocycles. The molecular weight excluding hydrogens is 358 g/mol. The van der Waals surface area contributed by atoms with E-state index in [9.17, 15) is 19.5 Å². The molecule has 0 radical (unpaired) electrons. The average Bonchev–Trinajstić information content (AvgIpc) is 2.61. The molecule has 0 fully saturated rings. The van der Waals surface area contributed by atoms with E-state index in [-0.39, 0.29) is 5.56 Å². The monoisotopic (exact) mass is 371 g/mol. The van der Waals surface area contributed by atoms with Gasteiger partial charge in [-0.1, -0.05) is 35.9 Å². The number of nitrogens with one attached hydrogen (secondary N) is 1. The second-order valence-corrected chi connectivity index (χ2v) is 5.59. The largest absolute Gasteiger partial charge is 0.507 e. The Morgan fingerprint density at radius 2 is 1.69 bits per heavy atom. The molecule has 6 nitrogen and oxygen atoms in total. The number of hydrogen-bond donors (Lipinski definition) is 3. The summed E-state index contributed by atoms with van der Waals surface area (Å²) in [6, 6.07) is 12.9. The SMILES string of the molecule is O=C(/C=C/c1ccc(Cl)cc1)Nc1cccc(C(O)=CC(=O)C(=O)O)c1. The predicted molar refractivity (Wildman–Crippen MR) is 98.8 cm³/mol. The molecule has 0 heterocycles.